The fraction of sp³-hybridized carbons (Fsp3) is 0.0870. The zero-order chi connectivity index (χ0) is 23.9. The third kappa shape index (κ3) is 3.85. The molecule has 0 aliphatic carbocycles. The van der Waals surface area contributed by atoms with Gasteiger partial charge in [-0.15, -0.1) is 0 Å². The first kappa shape index (κ1) is 21.5. The van der Waals surface area contributed by atoms with Gasteiger partial charge in [-0.25, -0.2) is 14.3 Å². The highest BCUT2D eigenvalue weighted by Gasteiger charge is 2.29. The first-order valence-electron chi connectivity index (χ1n) is 9.78. The number of carboxylic acid groups (broad SMARTS) is 2. The van der Waals surface area contributed by atoms with Crippen LogP contribution in [0.3, 0.4) is 0 Å². The number of amides is 1. The van der Waals surface area contributed by atoms with Gasteiger partial charge in [-0.2, -0.15) is 10.1 Å². The van der Waals surface area contributed by atoms with Crippen LogP contribution in [0.1, 0.15) is 38.9 Å². The van der Waals surface area contributed by atoms with Crippen molar-refractivity contribution in [2.75, 3.05) is 5.01 Å². The SMILES string of the molecule is CC1=NN(c2ccc(C(=O)O)cc2)C(=O)/C1=C/c1c(C)[nH]n(-c2ccc(C(=O)O)cc2)c1=O. The molecule has 4 rings (SSSR count). The van der Waals surface area contributed by atoms with Crippen molar-refractivity contribution >= 4 is 35.3 Å². The number of nitrogens with one attached hydrogen (secondary N) is 1. The minimum atomic E-state index is -1.08. The summed E-state index contributed by atoms with van der Waals surface area (Å²) in [6.07, 6.45) is 1.46. The lowest BCUT2D eigenvalue weighted by molar-refractivity contribution is -0.114. The second-order valence-electron chi connectivity index (χ2n) is 7.36. The molecule has 1 aliphatic heterocycles. The van der Waals surface area contributed by atoms with E-state index >= 15 is 0 Å². The number of aromatic nitrogens is 2. The molecule has 3 aromatic rings. The molecule has 1 aliphatic rings. The fourth-order valence-electron chi connectivity index (χ4n) is 3.41. The molecule has 166 valence electrons. The van der Waals surface area contributed by atoms with Crippen LogP contribution in [0, 0.1) is 6.92 Å². The Labute approximate surface area is 186 Å². The number of nitrogens with zero attached hydrogens (tertiary/aromatic N) is 3. The maximum atomic E-state index is 13.0. The third-order valence-corrected chi connectivity index (χ3v) is 5.20. The van der Waals surface area contributed by atoms with Gasteiger partial charge < -0.3 is 10.2 Å². The highest BCUT2D eigenvalue weighted by atomic mass is 16.4. The first-order valence-corrected chi connectivity index (χ1v) is 9.78. The smallest absolute Gasteiger partial charge is 0.335 e. The van der Waals surface area contributed by atoms with Gasteiger partial charge in [0.25, 0.3) is 11.5 Å². The van der Waals surface area contributed by atoms with Crippen LogP contribution in [0.15, 0.2) is 64.0 Å². The molecule has 0 fully saturated rings. The summed E-state index contributed by atoms with van der Waals surface area (Å²) in [6.45, 7) is 3.32. The number of carbonyl (C=O) groups is 3. The predicted molar refractivity (Wildman–Crippen MR) is 120 cm³/mol. The van der Waals surface area contributed by atoms with Gasteiger partial charge in [-0.3, -0.25) is 14.7 Å². The zero-order valence-corrected chi connectivity index (χ0v) is 17.6. The molecule has 1 aromatic heterocycles. The number of H-pyrrole nitrogens is 1. The molecule has 0 saturated heterocycles. The number of aryl methyl sites for hydroxylation is 1. The van der Waals surface area contributed by atoms with E-state index in [1.54, 1.807) is 13.8 Å². The highest BCUT2D eigenvalue weighted by molar-refractivity contribution is 6.32. The average molecular weight is 446 g/mol. The molecule has 3 N–H and O–H groups in total. The van der Waals surface area contributed by atoms with E-state index in [9.17, 15) is 19.2 Å². The van der Waals surface area contributed by atoms with Crippen LogP contribution < -0.4 is 10.6 Å². The molecule has 0 atom stereocenters. The lowest BCUT2D eigenvalue weighted by Crippen LogP contribution is -2.22. The number of benzene rings is 2. The molecule has 0 unspecified atom stereocenters. The van der Waals surface area contributed by atoms with E-state index in [1.807, 2.05) is 0 Å². The number of anilines is 1. The summed E-state index contributed by atoms with van der Waals surface area (Å²) < 4.78 is 1.27. The van der Waals surface area contributed by atoms with E-state index in [1.165, 1.54) is 59.3 Å². The molecular formula is C23H18N4O6. The van der Waals surface area contributed by atoms with Gasteiger partial charge in [0.05, 0.1) is 39.3 Å². The summed E-state index contributed by atoms with van der Waals surface area (Å²) in [5.41, 5.74) is 2.02. The van der Waals surface area contributed by atoms with Crippen molar-refractivity contribution in [2.45, 2.75) is 13.8 Å². The first-order chi connectivity index (χ1) is 15.7. The second-order valence-corrected chi connectivity index (χ2v) is 7.36. The van der Waals surface area contributed by atoms with Gasteiger partial charge in [0, 0.05) is 5.69 Å². The quantitative estimate of drug-likeness (QED) is 0.514. The number of aromatic amines is 1. The third-order valence-electron chi connectivity index (χ3n) is 5.20. The number of hydrogen-bond donors (Lipinski definition) is 3. The Kier molecular flexibility index (Phi) is 5.26. The fourth-order valence-corrected chi connectivity index (χ4v) is 3.41. The summed E-state index contributed by atoms with van der Waals surface area (Å²) in [7, 11) is 0. The number of hydrogen-bond acceptors (Lipinski definition) is 5. The zero-order valence-electron chi connectivity index (χ0n) is 17.6. The van der Waals surface area contributed by atoms with Crippen LogP contribution in [0.25, 0.3) is 11.8 Å². The van der Waals surface area contributed by atoms with Crippen molar-refractivity contribution in [1.82, 2.24) is 9.78 Å². The molecule has 10 heteroatoms. The van der Waals surface area contributed by atoms with Crippen LogP contribution in [-0.2, 0) is 4.79 Å². The van der Waals surface area contributed by atoms with Gasteiger partial charge in [-0.1, -0.05) is 0 Å². The Balaban J connectivity index is 1.67. The number of aromatic carboxylic acids is 2. The summed E-state index contributed by atoms with van der Waals surface area (Å²) >= 11 is 0. The predicted octanol–water partition coefficient (Wildman–Crippen LogP) is 2.68. The van der Waals surface area contributed by atoms with E-state index in [0.29, 0.717) is 22.8 Å². The molecule has 0 saturated carbocycles. The van der Waals surface area contributed by atoms with Crippen LogP contribution in [-0.4, -0.2) is 43.6 Å². The Morgan fingerprint density at radius 1 is 0.879 bits per heavy atom. The Bertz CT molecular complexity index is 1410. The van der Waals surface area contributed by atoms with Crippen molar-refractivity contribution in [3.63, 3.8) is 0 Å². The van der Waals surface area contributed by atoms with Gasteiger partial charge in [0.15, 0.2) is 0 Å². The van der Waals surface area contributed by atoms with Gasteiger partial charge in [0.2, 0.25) is 0 Å². The number of rotatable bonds is 5. The van der Waals surface area contributed by atoms with Crippen molar-refractivity contribution in [1.29, 1.82) is 0 Å². The van der Waals surface area contributed by atoms with E-state index in [-0.39, 0.29) is 22.3 Å². The lowest BCUT2D eigenvalue weighted by Gasteiger charge is -2.11. The monoisotopic (exact) mass is 446 g/mol. The average Bonchev–Trinajstić information content (AvgIpc) is 3.24. The number of carbonyl (C=O) groups excluding carboxylic acids is 1. The van der Waals surface area contributed by atoms with Crippen LogP contribution in [0.4, 0.5) is 5.69 Å². The Morgan fingerprint density at radius 3 is 1.91 bits per heavy atom. The molecule has 0 spiro atoms. The molecule has 0 radical (unpaired) electrons. The van der Waals surface area contributed by atoms with Gasteiger partial charge >= 0.3 is 11.9 Å². The van der Waals surface area contributed by atoms with Gasteiger partial charge in [-0.05, 0) is 68.5 Å². The Hall–Kier alpha value is -4.73. The summed E-state index contributed by atoms with van der Waals surface area (Å²) in [6, 6.07) is 11.5. The van der Waals surface area contributed by atoms with E-state index in [2.05, 4.69) is 10.2 Å². The minimum absolute atomic E-state index is 0.0850. The highest BCUT2D eigenvalue weighted by Crippen LogP contribution is 2.25. The van der Waals surface area contributed by atoms with Crippen molar-refractivity contribution in [3.8, 4) is 5.69 Å². The van der Waals surface area contributed by atoms with E-state index in [0.717, 1.165) is 5.01 Å². The molecule has 10 nitrogen and oxygen atoms in total. The molecule has 0 bridgehead atoms. The largest absolute Gasteiger partial charge is 0.478 e. The van der Waals surface area contributed by atoms with Gasteiger partial charge in [0.1, 0.15) is 0 Å². The standard InChI is InChI=1S/C23H18N4O6/c1-12-18(20(28)26(24-12)16-7-3-14(4-8-16)22(30)31)11-19-13(2)25-27(21(19)29)17-9-5-15(6-10-17)23(32)33/h3-11,24H,1-2H3,(H,30,31)(H,32,33)/b19-11+. The van der Waals surface area contributed by atoms with Crippen LogP contribution in [0.5, 0.6) is 0 Å². The van der Waals surface area contributed by atoms with Crippen LogP contribution in [0.2, 0.25) is 0 Å². The number of carboxylic acids is 2. The van der Waals surface area contributed by atoms with Crippen molar-refractivity contribution < 1.29 is 24.6 Å². The van der Waals surface area contributed by atoms with Crippen molar-refractivity contribution in [2.24, 2.45) is 5.10 Å². The summed E-state index contributed by atoms with van der Waals surface area (Å²) in [5.74, 6) is -2.60. The molecule has 1 amide bonds. The van der Waals surface area contributed by atoms with Crippen molar-refractivity contribution in [3.05, 3.63) is 86.8 Å². The summed E-state index contributed by atoms with van der Waals surface area (Å²) in [4.78, 5) is 48.1. The second kappa shape index (κ2) is 8.08. The summed E-state index contributed by atoms with van der Waals surface area (Å²) in [5, 5.41) is 26.4. The molecule has 33 heavy (non-hydrogen) atoms. The molecule has 2 heterocycles. The number of hydrazone groups is 1. The molecule has 2 aromatic carbocycles. The maximum Gasteiger partial charge on any atom is 0.335 e. The molecular weight excluding hydrogens is 428 g/mol. The van der Waals surface area contributed by atoms with Crippen LogP contribution >= 0.6 is 0 Å². The minimum Gasteiger partial charge on any atom is -0.478 e. The maximum absolute atomic E-state index is 13.0. The van der Waals surface area contributed by atoms with E-state index in [4.69, 9.17) is 10.2 Å². The topological polar surface area (TPSA) is 145 Å². The van der Waals surface area contributed by atoms with E-state index < -0.39 is 23.4 Å². The Morgan fingerprint density at radius 2 is 1.39 bits per heavy atom. The lowest BCUT2D eigenvalue weighted by atomic mass is 10.1. The normalized spacial score (nSPS) is 14.6.